The first-order chi connectivity index (χ1) is 12.5. The molecule has 1 aromatic heterocycles. The fourth-order valence-electron chi connectivity index (χ4n) is 2.93. The minimum Gasteiger partial charge on any atom is -0.496 e. The number of ketones is 1. The van der Waals surface area contributed by atoms with Gasteiger partial charge in [0.05, 0.1) is 7.11 Å². The topological polar surface area (TPSA) is 39.2 Å². The van der Waals surface area contributed by atoms with Crippen LogP contribution in [-0.4, -0.2) is 17.9 Å². The van der Waals surface area contributed by atoms with Gasteiger partial charge in [-0.2, -0.15) is 0 Å². The molecule has 26 heavy (non-hydrogen) atoms. The van der Waals surface area contributed by atoms with Gasteiger partial charge in [-0.15, -0.1) is 0 Å². The quantitative estimate of drug-likeness (QED) is 0.655. The molecule has 0 aliphatic carbocycles. The van der Waals surface area contributed by atoms with E-state index in [1.165, 1.54) is 19.2 Å². The lowest BCUT2D eigenvalue weighted by atomic mass is 9.99. The number of aromatic nitrogens is 1. The van der Waals surface area contributed by atoms with E-state index < -0.39 is 0 Å². The van der Waals surface area contributed by atoms with Crippen molar-refractivity contribution in [3.63, 3.8) is 0 Å². The zero-order valence-electron chi connectivity index (χ0n) is 14.8. The van der Waals surface area contributed by atoms with Gasteiger partial charge < -0.3 is 4.74 Å². The third-order valence-corrected chi connectivity index (χ3v) is 4.22. The van der Waals surface area contributed by atoms with E-state index in [0.29, 0.717) is 17.7 Å². The number of halogens is 1. The van der Waals surface area contributed by atoms with Crippen LogP contribution in [0.1, 0.15) is 16.8 Å². The molecule has 0 amide bonds. The summed E-state index contributed by atoms with van der Waals surface area (Å²) < 4.78 is 18.6. The third kappa shape index (κ3) is 4.33. The third-order valence-electron chi connectivity index (χ3n) is 4.22. The Balaban J connectivity index is 1.69. The second kappa shape index (κ2) is 7.91. The Morgan fingerprint density at radius 2 is 1.77 bits per heavy atom. The van der Waals surface area contributed by atoms with E-state index in [0.717, 1.165) is 22.4 Å². The highest BCUT2D eigenvalue weighted by molar-refractivity contribution is 5.84. The van der Waals surface area contributed by atoms with Crippen molar-refractivity contribution in [2.24, 2.45) is 0 Å². The molecule has 0 N–H and O–H groups in total. The molecule has 132 valence electrons. The van der Waals surface area contributed by atoms with Crippen LogP contribution in [0, 0.1) is 12.7 Å². The highest BCUT2D eigenvalue weighted by atomic mass is 19.1. The molecule has 3 aromatic rings. The molecule has 0 bridgehead atoms. The molecule has 2 aromatic carbocycles. The van der Waals surface area contributed by atoms with Crippen molar-refractivity contribution in [3.05, 3.63) is 83.4 Å². The summed E-state index contributed by atoms with van der Waals surface area (Å²) in [6, 6.07) is 16.1. The van der Waals surface area contributed by atoms with Crippen molar-refractivity contribution in [1.82, 2.24) is 4.98 Å². The van der Waals surface area contributed by atoms with E-state index >= 15 is 0 Å². The normalized spacial score (nSPS) is 10.6. The van der Waals surface area contributed by atoms with Crippen molar-refractivity contribution < 1.29 is 13.9 Å². The van der Waals surface area contributed by atoms with Gasteiger partial charge in [-0.25, -0.2) is 4.39 Å². The van der Waals surface area contributed by atoms with Crippen LogP contribution in [0.15, 0.2) is 60.8 Å². The number of nitrogens with zero attached hydrogens (tertiary/aromatic N) is 1. The lowest BCUT2D eigenvalue weighted by molar-refractivity contribution is -0.117. The highest BCUT2D eigenvalue weighted by Gasteiger charge is 2.11. The predicted octanol–water partition coefficient (Wildman–Crippen LogP) is 4.56. The predicted molar refractivity (Wildman–Crippen MR) is 99.8 cm³/mol. The molecule has 0 fully saturated rings. The summed E-state index contributed by atoms with van der Waals surface area (Å²) in [6.45, 7) is 1.96. The van der Waals surface area contributed by atoms with Crippen molar-refractivity contribution in [1.29, 1.82) is 0 Å². The highest BCUT2D eigenvalue weighted by Crippen LogP contribution is 2.22. The molecule has 0 atom stereocenters. The first-order valence-electron chi connectivity index (χ1n) is 8.41. The number of hydrogen-bond acceptors (Lipinski definition) is 3. The second-order valence-electron chi connectivity index (χ2n) is 6.23. The molecule has 3 rings (SSSR count). The smallest absolute Gasteiger partial charge is 0.141 e. The minimum atomic E-state index is -0.370. The Kier molecular flexibility index (Phi) is 5.42. The zero-order chi connectivity index (χ0) is 18.5. The molecule has 0 radical (unpaired) electrons. The van der Waals surface area contributed by atoms with Gasteiger partial charge in [0.1, 0.15) is 17.3 Å². The van der Waals surface area contributed by atoms with Crippen LogP contribution in [0.25, 0.3) is 11.1 Å². The molecule has 0 saturated carbocycles. The van der Waals surface area contributed by atoms with Gasteiger partial charge >= 0.3 is 0 Å². The number of Topliss-reactive ketones (excluding diaryl/α,β-unsaturated/α-hetero) is 1. The zero-order valence-corrected chi connectivity index (χ0v) is 14.8. The number of methoxy groups -OCH3 is 1. The number of aryl methyl sites for hydroxylation is 1. The van der Waals surface area contributed by atoms with Gasteiger partial charge in [-0.05, 0) is 53.9 Å². The fourth-order valence-corrected chi connectivity index (χ4v) is 2.93. The van der Waals surface area contributed by atoms with Gasteiger partial charge in [0, 0.05) is 30.3 Å². The van der Waals surface area contributed by atoms with Crippen LogP contribution < -0.4 is 4.74 Å². The molecule has 0 aliphatic rings. The Morgan fingerprint density at radius 3 is 2.46 bits per heavy atom. The second-order valence-corrected chi connectivity index (χ2v) is 6.23. The molecule has 1 heterocycles. The average molecular weight is 349 g/mol. The van der Waals surface area contributed by atoms with Crippen LogP contribution in [0.2, 0.25) is 0 Å². The lowest BCUT2D eigenvalue weighted by Crippen LogP contribution is -2.08. The standard InChI is InChI=1S/C22H20FNO2/c1-15-11-18(9-10-24-15)17-5-3-16(4-6-17)12-21(25)14-19-13-20(23)7-8-22(19)26-2/h3-11,13H,12,14H2,1-2H3. The summed E-state index contributed by atoms with van der Waals surface area (Å²) in [5, 5.41) is 0. The largest absolute Gasteiger partial charge is 0.496 e. The van der Waals surface area contributed by atoms with Gasteiger partial charge in [-0.3, -0.25) is 9.78 Å². The summed E-state index contributed by atoms with van der Waals surface area (Å²) in [5.74, 6) is 0.176. The van der Waals surface area contributed by atoms with E-state index in [2.05, 4.69) is 4.98 Å². The van der Waals surface area contributed by atoms with E-state index in [1.54, 1.807) is 12.3 Å². The summed E-state index contributed by atoms with van der Waals surface area (Å²) in [7, 11) is 1.51. The number of pyridine rings is 1. The van der Waals surface area contributed by atoms with E-state index in [-0.39, 0.29) is 18.0 Å². The molecule has 0 aliphatic heterocycles. The van der Waals surface area contributed by atoms with E-state index in [1.807, 2.05) is 43.3 Å². The van der Waals surface area contributed by atoms with Crippen molar-refractivity contribution in [2.45, 2.75) is 19.8 Å². The van der Waals surface area contributed by atoms with Crippen LogP contribution in [0.3, 0.4) is 0 Å². The number of carbonyl (C=O) groups excluding carboxylic acids is 1. The number of ether oxygens (including phenoxy) is 1. The Labute approximate surface area is 152 Å². The maximum atomic E-state index is 13.4. The molecule has 0 saturated heterocycles. The Morgan fingerprint density at radius 1 is 1.00 bits per heavy atom. The van der Waals surface area contributed by atoms with Gasteiger partial charge in [-0.1, -0.05) is 24.3 Å². The summed E-state index contributed by atoms with van der Waals surface area (Å²) in [5.41, 5.74) is 4.64. The number of rotatable bonds is 6. The fraction of sp³-hybridized carbons (Fsp3) is 0.182. The maximum absolute atomic E-state index is 13.4. The lowest BCUT2D eigenvalue weighted by Gasteiger charge is -2.08. The van der Waals surface area contributed by atoms with Crippen molar-refractivity contribution in [2.75, 3.05) is 7.11 Å². The van der Waals surface area contributed by atoms with Crippen LogP contribution in [-0.2, 0) is 17.6 Å². The molecule has 4 heteroatoms. The van der Waals surface area contributed by atoms with Gasteiger partial charge in [0.15, 0.2) is 0 Å². The Hall–Kier alpha value is -3.01. The van der Waals surface area contributed by atoms with Gasteiger partial charge in [0.25, 0.3) is 0 Å². The first kappa shape index (κ1) is 17.8. The van der Waals surface area contributed by atoms with Crippen LogP contribution >= 0.6 is 0 Å². The summed E-state index contributed by atoms with van der Waals surface area (Å²) in [6.07, 6.45) is 2.23. The first-order valence-corrected chi connectivity index (χ1v) is 8.41. The number of hydrogen-bond donors (Lipinski definition) is 0. The van der Waals surface area contributed by atoms with Crippen molar-refractivity contribution >= 4 is 5.78 Å². The molecule has 0 unspecified atom stereocenters. The SMILES string of the molecule is COc1ccc(F)cc1CC(=O)Cc1ccc(-c2ccnc(C)c2)cc1. The maximum Gasteiger partial charge on any atom is 0.141 e. The monoisotopic (exact) mass is 349 g/mol. The average Bonchev–Trinajstić information content (AvgIpc) is 2.62. The van der Waals surface area contributed by atoms with Crippen LogP contribution in [0.5, 0.6) is 5.75 Å². The van der Waals surface area contributed by atoms with E-state index in [4.69, 9.17) is 4.74 Å². The molecule has 0 spiro atoms. The summed E-state index contributed by atoms with van der Waals surface area (Å²) >= 11 is 0. The number of benzene rings is 2. The van der Waals surface area contributed by atoms with Crippen molar-refractivity contribution in [3.8, 4) is 16.9 Å². The molecular formula is C22H20FNO2. The molecular weight excluding hydrogens is 329 g/mol. The van der Waals surface area contributed by atoms with E-state index in [9.17, 15) is 9.18 Å². The Bertz CT molecular complexity index is 920. The molecule has 3 nitrogen and oxygen atoms in total. The van der Waals surface area contributed by atoms with Crippen LogP contribution in [0.4, 0.5) is 4.39 Å². The minimum absolute atomic E-state index is 0.0152. The number of carbonyl (C=O) groups is 1. The van der Waals surface area contributed by atoms with Gasteiger partial charge in [0.2, 0.25) is 0 Å². The summed E-state index contributed by atoms with van der Waals surface area (Å²) in [4.78, 5) is 16.6.